The Hall–Kier alpha value is -3.65. The summed E-state index contributed by atoms with van der Waals surface area (Å²) in [6.45, 7) is 3.42. The Kier molecular flexibility index (Phi) is 7.12. The van der Waals surface area contributed by atoms with Gasteiger partial charge in [-0.25, -0.2) is 9.78 Å². The van der Waals surface area contributed by atoms with Crippen molar-refractivity contribution in [2.75, 3.05) is 11.9 Å². The molecular formula is C30H33ClN6O2. The van der Waals surface area contributed by atoms with Gasteiger partial charge < -0.3 is 10.6 Å². The van der Waals surface area contributed by atoms with E-state index >= 15 is 0 Å². The maximum Gasteiger partial charge on any atom is 0.333 e. The number of carbonyl (C=O) groups excluding carboxylic acids is 1. The average molecular weight is 545 g/mol. The number of para-hydroxylation sites is 2. The average Bonchev–Trinajstić information content (AvgIpc) is 3.74. The van der Waals surface area contributed by atoms with Crippen LogP contribution in [0.15, 0.2) is 59.7 Å². The second-order valence-corrected chi connectivity index (χ2v) is 11.4. The lowest BCUT2D eigenvalue weighted by atomic mass is 9.85. The minimum Gasteiger partial charge on any atom is -0.370 e. The highest BCUT2D eigenvalue weighted by Crippen LogP contribution is 2.29. The van der Waals surface area contributed by atoms with Crippen molar-refractivity contribution in [1.82, 2.24) is 24.4 Å². The van der Waals surface area contributed by atoms with E-state index in [9.17, 15) is 9.59 Å². The summed E-state index contributed by atoms with van der Waals surface area (Å²) in [7, 11) is 0. The largest absolute Gasteiger partial charge is 0.370 e. The first-order chi connectivity index (χ1) is 19.0. The van der Waals surface area contributed by atoms with E-state index in [4.69, 9.17) is 11.6 Å². The Morgan fingerprint density at radius 1 is 0.974 bits per heavy atom. The fourth-order valence-electron chi connectivity index (χ4n) is 5.58. The van der Waals surface area contributed by atoms with Gasteiger partial charge in [0.05, 0.1) is 39.2 Å². The van der Waals surface area contributed by atoms with Crippen molar-refractivity contribution in [3.63, 3.8) is 0 Å². The van der Waals surface area contributed by atoms with Gasteiger partial charge in [0.15, 0.2) is 0 Å². The van der Waals surface area contributed by atoms with Crippen LogP contribution >= 0.6 is 11.6 Å². The van der Waals surface area contributed by atoms with Crippen molar-refractivity contribution >= 4 is 34.4 Å². The van der Waals surface area contributed by atoms with E-state index in [1.54, 1.807) is 23.0 Å². The van der Waals surface area contributed by atoms with Gasteiger partial charge >= 0.3 is 5.69 Å². The van der Waals surface area contributed by atoms with E-state index in [0.29, 0.717) is 28.7 Å². The van der Waals surface area contributed by atoms with Crippen LogP contribution in [-0.4, -0.2) is 37.6 Å². The summed E-state index contributed by atoms with van der Waals surface area (Å²) in [6.07, 6.45) is 9.52. The van der Waals surface area contributed by atoms with E-state index in [0.717, 1.165) is 60.7 Å². The number of nitrogens with zero attached hydrogens (tertiary/aromatic N) is 4. The van der Waals surface area contributed by atoms with E-state index < -0.39 is 0 Å². The van der Waals surface area contributed by atoms with Crippen molar-refractivity contribution < 1.29 is 4.79 Å². The van der Waals surface area contributed by atoms with Gasteiger partial charge in [0.1, 0.15) is 5.82 Å². The Balaban J connectivity index is 1.14. The fourth-order valence-corrected chi connectivity index (χ4v) is 5.73. The molecule has 0 aliphatic heterocycles. The second kappa shape index (κ2) is 10.8. The number of fused-ring (bicyclic) bond motifs is 1. The van der Waals surface area contributed by atoms with Gasteiger partial charge in [0.2, 0.25) is 0 Å². The van der Waals surface area contributed by atoms with Crippen LogP contribution in [-0.2, 0) is 6.54 Å². The zero-order valence-corrected chi connectivity index (χ0v) is 22.8. The number of rotatable bonds is 8. The molecule has 0 saturated heterocycles. The van der Waals surface area contributed by atoms with Crippen LogP contribution in [0.5, 0.6) is 0 Å². The summed E-state index contributed by atoms with van der Waals surface area (Å²) in [5.41, 5.74) is 3.72. The molecule has 2 aliphatic rings. The fraction of sp³-hybridized carbons (Fsp3) is 0.400. The van der Waals surface area contributed by atoms with Crippen LogP contribution in [0.2, 0.25) is 5.02 Å². The highest BCUT2D eigenvalue weighted by Gasteiger charge is 2.26. The number of anilines is 1. The number of imidazole rings is 1. The summed E-state index contributed by atoms with van der Waals surface area (Å²) >= 11 is 6.05. The predicted octanol–water partition coefficient (Wildman–Crippen LogP) is 5.35. The third-order valence-electron chi connectivity index (χ3n) is 8.03. The monoisotopic (exact) mass is 544 g/mol. The number of pyridine rings is 2. The third kappa shape index (κ3) is 5.57. The molecule has 202 valence electrons. The molecule has 0 unspecified atom stereocenters. The SMILES string of the molecule is Cc1ncc(Cl)cc1C(=O)N[C@H]1CC[C@H](Cn2c(=O)n(-c3ccc(NCC4CC4)nc3)c3ccccc32)CC1. The number of amides is 1. The molecule has 2 saturated carbocycles. The molecule has 3 aromatic heterocycles. The molecule has 0 atom stereocenters. The van der Waals surface area contributed by atoms with Gasteiger partial charge in [-0.2, -0.15) is 0 Å². The van der Waals surface area contributed by atoms with E-state index in [-0.39, 0.29) is 17.6 Å². The Bertz CT molecular complexity index is 1550. The van der Waals surface area contributed by atoms with E-state index in [1.807, 2.05) is 47.9 Å². The molecule has 6 rings (SSSR count). The van der Waals surface area contributed by atoms with Crippen molar-refractivity contribution in [1.29, 1.82) is 0 Å². The number of aryl methyl sites for hydroxylation is 1. The van der Waals surface area contributed by atoms with Gasteiger partial charge in [-0.05, 0) is 87.6 Å². The lowest BCUT2D eigenvalue weighted by Crippen LogP contribution is -2.39. The first-order valence-electron chi connectivity index (χ1n) is 13.8. The van der Waals surface area contributed by atoms with Crippen LogP contribution in [0.1, 0.15) is 54.6 Å². The van der Waals surface area contributed by atoms with E-state index in [2.05, 4.69) is 20.6 Å². The molecule has 3 heterocycles. The number of hydrogen-bond donors (Lipinski definition) is 2. The van der Waals surface area contributed by atoms with Gasteiger partial charge in [0, 0.05) is 25.3 Å². The maximum absolute atomic E-state index is 13.7. The number of aromatic nitrogens is 4. The Labute approximate surface area is 232 Å². The number of hydrogen-bond acceptors (Lipinski definition) is 5. The summed E-state index contributed by atoms with van der Waals surface area (Å²) < 4.78 is 3.67. The topological polar surface area (TPSA) is 93.8 Å². The van der Waals surface area contributed by atoms with Gasteiger partial charge in [0.25, 0.3) is 5.91 Å². The molecule has 0 radical (unpaired) electrons. The van der Waals surface area contributed by atoms with Crippen LogP contribution in [0, 0.1) is 18.8 Å². The highest BCUT2D eigenvalue weighted by molar-refractivity contribution is 6.30. The molecule has 0 bridgehead atoms. The van der Waals surface area contributed by atoms with Crippen molar-refractivity contribution in [3.8, 4) is 5.69 Å². The second-order valence-electron chi connectivity index (χ2n) is 10.9. The Morgan fingerprint density at radius 2 is 1.72 bits per heavy atom. The highest BCUT2D eigenvalue weighted by atomic mass is 35.5. The van der Waals surface area contributed by atoms with Crippen LogP contribution in [0.4, 0.5) is 5.82 Å². The first-order valence-corrected chi connectivity index (χ1v) is 14.2. The number of benzene rings is 1. The number of nitrogens with one attached hydrogen (secondary N) is 2. The van der Waals surface area contributed by atoms with Gasteiger partial charge in [-0.1, -0.05) is 23.7 Å². The van der Waals surface area contributed by atoms with Crippen LogP contribution in [0.3, 0.4) is 0 Å². The van der Waals surface area contributed by atoms with Crippen molar-refractivity contribution in [2.24, 2.45) is 11.8 Å². The molecule has 2 aliphatic carbocycles. The van der Waals surface area contributed by atoms with Gasteiger partial charge in [-0.15, -0.1) is 0 Å². The summed E-state index contributed by atoms with van der Waals surface area (Å²) in [5, 5.41) is 7.00. The number of halogens is 1. The zero-order valence-electron chi connectivity index (χ0n) is 22.1. The first kappa shape index (κ1) is 25.6. The Morgan fingerprint density at radius 3 is 2.44 bits per heavy atom. The molecule has 2 fully saturated rings. The molecule has 9 heteroatoms. The van der Waals surface area contributed by atoms with Crippen molar-refractivity contribution in [2.45, 2.75) is 58.0 Å². The predicted molar refractivity (Wildman–Crippen MR) is 154 cm³/mol. The molecular weight excluding hydrogens is 512 g/mol. The molecule has 1 amide bonds. The van der Waals surface area contributed by atoms with Crippen LogP contribution in [0.25, 0.3) is 16.7 Å². The van der Waals surface area contributed by atoms with Crippen molar-refractivity contribution in [3.05, 3.63) is 81.6 Å². The molecule has 0 spiro atoms. The summed E-state index contributed by atoms with van der Waals surface area (Å²) in [4.78, 5) is 35.3. The smallest absolute Gasteiger partial charge is 0.333 e. The van der Waals surface area contributed by atoms with E-state index in [1.165, 1.54) is 12.8 Å². The quantitative estimate of drug-likeness (QED) is 0.312. The standard InChI is InChI=1S/C30H33ClN6O2/c1-19-25(14-22(31)16-32-19)29(38)35-23-10-8-21(9-11-23)18-36-26-4-2-3-5-27(26)37(30(36)39)24-12-13-28(34-17-24)33-15-20-6-7-20/h2-5,12-14,16-17,20-21,23H,6-11,15,18H2,1H3,(H,33,34)(H,35,38)/t21-,23-. The lowest BCUT2D eigenvalue weighted by molar-refractivity contribution is 0.0919. The minimum absolute atomic E-state index is 0.0453. The number of carbonyl (C=O) groups is 1. The molecule has 4 aromatic rings. The summed E-state index contributed by atoms with van der Waals surface area (Å²) in [6, 6.07) is 13.6. The molecule has 8 nitrogen and oxygen atoms in total. The van der Waals surface area contributed by atoms with Crippen LogP contribution < -0.4 is 16.3 Å². The maximum atomic E-state index is 13.7. The summed E-state index contributed by atoms with van der Waals surface area (Å²) in [5.74, 6) is 1.83. The zero-order chi connectivity index (χ0) is 26.9. The third-order valence-corrected chi connectivity index (χ3v) is 8.24. The minimum atomic E-state index is -0.132. The molecule has 1 aromatic carbocycles. The normalized spacial score (nSPS) is 19.2. The van der Waals surface area contributed by atoms with Gasteiger partial charge in [-0.3, -0.25) is 18.9 Å². The molecule has 39 heavy (non-hydrogen) atoms. The lowest BCUT2D eigenvalue weighted by Gasteiger charge is -2.29. The molecule has 2 N–H and O–H groups in total.